The van der Waals surface area contributed by atoms with Crippen molar-refractivity contribution in [2.45, 2.75) is 8.42 Å². The summed E-state index contributed by atoms with van der Waals surface area (Å²) in [5, 5.41) is 14.4. The van der Waals surface area contributed by atoms with Gasteiger partial charge in [-0.05, 0) is 12.1 Å². The number of morpholine rings is 1. The fourth-order valence-corrected chi connectivity index (χ4v) is 6.87. The number of nitrogens with two attached hydrogens (primary N) is 1. The third-order valence-corrected chi connectivity index (χ3v) is 8.89. The molecular weight excluding hydrogens is 390 g/mol. The van der Waals surface area contributed by atoms with E-state index in [-0.39, 0.29) is 21.6 Å². The topological polar surface area (TPSA) is 130 Å². The van der Waals surface area contributed by atoms with Crippen LogP contribution in [0.3, 0.4) is 0 Å². The monoisotopic (exact) mass is 409 g/mol. The van der Waals surface area contributed by atoms with Crippen molar-refractivity contribution < 1.29 is 26.7 Å². The van der Waals surface area contributed by atoms with E-state index in [9.17, 15) is 21.9 Å². The maximum absolute atomic E-state index is 12.9. The fourth-order valence-electron chi connectivity index (χ4n) is 2.78. The molecule has 0 bridgehead atoms. The van der Waals surface area contributed by atoms with Crippen LogP contribution in [0.1, 0.15) is 5.56 Å². The largest absolute Gasteiger partial charge is 0.394 e. The average molecular weight is 410 g/mol. The molecule has 2 aliphatic heterocycles. The van der Waals surface area contributed by atoms with E-state index in [1.165, 1.54) is 6.07 Å². The van der Waals surface area contributed by atoms with E-state index in [1.807, 2.05) is 4.90 Å². The van der Waals surface area contributed by atoms with Crippen LogP contribution >= 0.6 is 11.3 Å². The van der Waals surface area contributed by atoms with E-state index >= 15 is 0 Å². The second kappa shape index (κ2) is 6.95. The van der Waals surface area contributed by atoms with Crippen molar-refractivity contribution >= 4 is 37.5 Å². The van der Waals surface area contributed by atoms with E-state index in [1.54, 1.807) is 6.08 Å². The van der Waals surface area contributed by atoms with Crippen LogP contribution in [0.2, 0.25) is 0 Å². The average Bonchev–Trinajstić information content (AvgIpc) is 2.97. The quantitative estimate of drug-likeness (QED) is 0.642. The maximum Gasteiger partial charge on any atom is 0.274 e. The van der Waals surface area contributed by atoms with Gasteiger partial charge in [-0.3, -0.25) is 9.21 Å². The smallest absolute Gasteiger partial charge is 0.274 e. The Morgan fingerprint density at radius 3 is 2.60 bits per heavy atom. The predicted octanol–water partition coefficient (Wildman–Crippen LogP) is -0.935. The molecule has 0 unspecified atom stereocenters. The Kier molecular flexibility index (Phi) is 5.21. The molecule has 0 aliphatic carbocycles. The van der Waals surface area contributed by atoms with Gasteiger partial charge in [-0.15, -0.1) is 11.3 Å². The molecule has 25 heavy (non-hydrogen) atoms. The van der Waals surface area contributed by atoms with Gasteiger partial charge in [0.25, 0.3) is 10.0 Å². The van der Waals surface area contributed by atoms with Gasteiger partial charge >= 0.3 is 0 Å². The van der Waals surface area contributed by atoms with Crippen LogP contribution in [0, 0.1) is 0 Å². The third kappa shape index (κ3) is 3.74. The normalized spacial score (nSPS) is 21.0. The number of primary sulfonamides is 1. The van der Waals surface area contributed by atoms with Gasteiger partial charge in [0.05, 0.1) is 26.4 Å². The molecule has 140 valence electrons. The first-order chi connectivity index (χ1) is 11.7. The molecule has 1 saturated heterocycles. The molecule has 0 spiro atoms. The number of thiophene rings is 1. The number of aliphatic hydroxyl groups excluding tert-OH is 1. The highest BCUT2D eigenvalue weighted by Gasteiger charge is 2.36. The number of sulfonamides is 2. The van der Waals surface area contributed by atoms with E-state index in [0.717, 1.165) is 4.31 Å². The van der Waals surface area contributed by atoms with Crippen LogP contribution in [-0.2, 0) is 24.8 Å². The summed E-state index contributed by atoms with van der Waals surface area (Å²) < 4.78 is 55.1. The first kappa shape index (κ1) is 18.8. The van der Waals surface area contributed by atoms with E-state index < -0.39 is 20.0 Å². The SMILES string of the molecule is NS(=O)(=O)c1cc2c(s1)S(=O)(=O)N(CCO)C(CN1CCOCC1)=C2. The van der Waals surface area contributed by atoms with Crippen molar-refractivity contribution in [3.05, 3.63) is 17.3 Å². The highest BCUT2D eigenvalue weighted by atomic mass is 32.3. The highest BCUT2D eigenvalue weighted by Crippen LogP contribution is 2.38. The molecule has 9 nitrogen and oxygen atoms in total. The van der Waals surface area contributed by atoms with E-state index in [4.69, 9.17) is 9.88 Å². The Morgan fingerprint density at radius 2 is 2.00 bits per heavy atom. The minimum atomic E-state index is -3.99. The molecule has 0 aromatic carbocycles. The van der Waals surface area contributed by atoms with Crippen LogP contribution in [0.5, 0.6) is 0 Å². The number of hydrogen-bond donors (Lipinski definition) is 2. The zero-order valence-corrected chi connectivity index (χ0v) is 15.7. The van der Waals surface area contributed by atoms with Crippen LogP contribution < -0.4 is 5.14 Å². The number of rotatable bonds is 5. The van der Waals surface area contributed by atoms with Gasteiger partial charge < -0.3 is 9.84 Å². The molecule has 0 atom stereocenters. The molecule has 2 aliphatic rings. The van der Waals surface area contributed by atoms with E-state index in [0.29, 0.717) is 55.4 Å². The second-order valence-electron chi connectivity index (χ2n) is 5.68. The van der Waals surface area contributed by atoms with Crippen molar-refractivity contribution in [2.24, 2.45) is 5.14 Å². The van der Waals surface area contributed by atoms with E-state index in [2.05, 4.69) is 0 Å². The summed E-state index contributed by atoms with van der Waals surface area (Å²) in [4.78, 5) is 2.05. The maximum atomic E-state index is 12.9. The third-order valence-electron chi connectivity index (χ3n) is 3.94. The molecular formula is C13H19N3O6S3. The minimum Gasteiger partial charge on any atom is -0.394 e. The Morgan fingerprint density at radius 1 is 1.32 bits per heavy atom. The Balaban J connectivity index is 2.03. The predicted molar refractivity (Wildman–Crippen MR) is 91.9 cm³/mol. The summed E-state index contributed by atoms with van der Waals surface area (Å²) in [6.45, 7) is 2.40. The van der Waals surface area contributed by atoms with Crippen LogP contribution in [-0.4, -0.2) is 77.1 Å². The minimum absolute atomic E-state index is 0.0734. The van der Waals surface area contributed by atoms with Crippen molar-refractivity contribution in [1.82, 2.24) is 9.21 Å². The summed E-state index contributed by atoms with van der Waals surface area (Å²) in [5.41, 5.74) is 0.800. The zero-order chi connectivity index (χ0) is 18.2. The van der Waals surface area contributed by atoms with Crippen LogP contribution in [0.25, 0.3) is 6.08 Å². The van der Waals surface area contributed by atoms with Crippen molar-refractivity contribution in [1.29, 1.82) is 0 Å². The molecule has 3 heterocycles. The van der Waals surface area contributed by atoms with Crippen LogP contribution in [0.4, 0.5) is 0 Å². The highest BCUT2D eigenvalue weighted by molar-refractivity contribution is 7.94. The lowest BCUT2D eigenvalue weighted by Crippen LogP contribution is -2.43. The summed E-state index contributed by atoms with van der Waals surface area (Å²) in [6, 6.07) is 1.28. The molecule has 0 radical (unpaired) electrons. The molecule has 3 rings (SSSR count). The number of nitrogens with zero attached hydrogens (tertiary/aromatic N) is 2. The lowest BCUT2D eigenvalue weighted by molar-refractivity contribution is 0.0404. The molecule has 1 fully saturated rings. The van der Waals surface area contributed by atoms with Gasteiger partial charge in [-0.1, -0.05) is 0 Å². The molecule has 12 heteroatoms. The number of fused-ring (bicyclic) bond motifs is 1. The van der Waals surface area contributed by atoms with Gasteiger partial charge in [-0.25, -0.2) is 22.0 Å². The lowest BCUT2D eigenvalue weighted by Gasteiger charge is -2.34. The molecule has 0 saturated carbocycles. The number of ether oxygens (including phenoxy) is 1. The number of hydrogen-bond acceptors (Lipinski definition) is 8. The Labute approximate surface area is 150 Å². The Bertz CT molecular complexity index is 884. The molecule has 1 aromatic rings. The molecule has 0 amide bonds. The Hall–Kier alpha value is -1.02. The number of aliphatic hydroxyl groups is 1. The van der Waals surface area contributed by atoms with Crippen molar-refractivity contribution in [3.8, 4) is 0 Å². The fraction of sp³-hybridized carbons (Fsp3) is 0.538. The summed E-state index contributed by atoms with van der Waals surface area (Å²) in [5.74, 6) is 0. The summed E-state index contributed by atoms with van der Waals surface area (Å²) in [6.07, 6.45) is 1.65. The standard InChI is InChI=1S/C13H19N3O6S3/c14-24(18,19)12-8-10-7-11(9-15-2-5-22-6-3-15)16(1-4-17)25(20,21)13(10)23-12/h7-8,17H,1-6,9H2,(H2,14,18,19). The molecule has 3 N–H and O–H groups in total. The first-order valence-corrected chi connectivity index (χ1v) is 11.3. The second-order valence-corrected chi connectivity index (χ2v) is 10.6. The van der Waals surface area contributed by atoms with Crippen molar-refractivity contribution in [3.63, 3.8) is 0 Å². The van der Waals surface area contributed by atoms with Crippen LogP contribution in [0.15, 0.2) is 20.2 Å². The van der Waals surface area contributed by atoms with Gasteiger partial charge in [0.15, 0.2) is 0 Å². The van der Waals surface area contributed by atoms with Gasteiger partial charge in [0.2, 0.25) is 10.0 Å². The molecule has 1 aromatic heterocycles. The lowest BCUT2D eigenvalue weighted by atomic mass is 10.2. The number of β-amino-alcohol motifs (C(OH)–C–C–N with tert-alkyl or cyclic N) is 1. The van der Waals surface area contributed by atoms with Gasteiger partial charge in [0.1, 0.15) is 8.42 Å². The summed E-state index contributed by atoms with van der Waals surface area (Å²) in [7, 11) is -7.93. The summed E-state index contributed by atoms with van der Waals surface area (Å²) >= 11 is 0.625. The zero-order valence-electron chi connectivity index (χ0n) is 13.3. The van der Waals surface area contributed by atoms with Gasteiger partial charge in [0, 0.05) is 30.9 Å². The van der Waals surface area contributed by atoms with Gasteiger partial charge in [-0.2, -0.15) is 0 Å². The van der Waals surface area contributed by atoms with Crippen molar-refractivity contribution in [2.75, 3.05) is 46.0 Å². The first-order valence-electron chi connectivity index (χ1n) is 7.54.